The maximum absolute atomic E-state index is 14.2. The number of aryl methyl sites for hydroxylation is 1. The van der Waals surface area contributed by atoms with Gasteiger partial charge < -0.3 is 15.7 Å². The van der Waals surface area contributed by atoms with Crippen molar-refractivity contribution in [3.05, 3.63) is 59.0 Å². The summed E-state index contributed by atoms with van der Waals surface area (Å²) in [6.45, 7) is 4.08. The maximum atomic E-state index is 14.2. The van der Waals surface area contributed by atoms with E-state index in [1.54, 1.807) is 17.5 Å². The number of aromatic nitrogens is 4. The summed E-state index contributed by atoms with van der Waals surface area (Å²) >= 11 is 1.58. The van der Waals surface area contributed by atoms with E-state index in [4.69, 9.17) is 15.0 Å². The van der Waals surface area contributed by atoms with Gasteiger partial charge in [0.1, 0.15) is 28.0 Å². The second-order valence-corrected chi connectivity index (χ2v) is 10.4. The molecule has 1 atom stereocenters. The van der Waals surface area contributed by atoms with Gasteiger partial charge in [0.2, 0.25) is 5.95 Å². The van der Waals surface area contributed by atoms with Crippen LogP contribution in [0, 0.1) is 18.6 Å². The third kappa shape index (κ3) is 5.55. The van der Waals surface area contributed by atoms with E-state index in [0.29, 0.717) is 18.2 Å². The minimum atomic E-state index is -0.613. The van der Waals surface area contributed by atoms with Gasteiger partial charge in [-0.05, 0) is 57.2 Å². The van der Waals surface area contributed by atoms with Gasteiger partial charge in [-0.15, -0.1) is 11.3 Å². The van der Waals surface area contributed by atoms with Crippen LogP contribution in [0.15, 0.2) is 30.5 Å². The summed E-state index contributed by atoms with van der Waals surface area (Å²) < 4.78 is 29.5. The van der Waals surface area contributed by atoms with E-state index in [0.717, 1.165) is 57.9 Å². The first-order valence-electron chi connectivity index (χ1n) is 12.7. The van der Waals surface area contributed by atoms with Crippen molar-refractivity contribution in [1.29, 1.82) is 0 Å². The summed E-state index contributed by atoms with van der Waals surface area (Å²) in [5.41, 5.74) is 3.42. The molecule has 1 aliphatic carbocycles. The predicted octanol–water partition coefficient (Wildman–Crippen LogP) is 6.19. The van der Waals surface area contributed by atoms with Crippen LogP contribution in [0.3, 0.4) is 0 Å². The largest absolute Gasteiger partial charge is 0.396 e. The average molecular weight is 525 g/mol. The zero-order valence-electron chi connectivity index (χ0n) is 20.9. The number of pyridine rings is 1. The number of rotatable bonds is 11. The molecule has 0 amide bonds. The van der Waals surface area contributed by atoms with Gasteiger partial charge in [-0.3, -0.25) is 4.98 Å². The monoisotopic (exact) mass is 524 g/mol. The van der Waals surface area contributed by atoms with Crippen LogP contribution in [0.2, 0.25) is 0 Å². The second kappa shape index (κ2) is 11.0. The first-order chi connectivity index (χ1) is 18.0. The van der Waals surface area contributed by atoms with Crippen LogP contribution in [0.5, 0.6) is 0 Å². The number of hydrogen-bond donors (Lipinski definition) is 3. The molecule has 194 valence electrons. The normalized spacial score (nSPS) is 14.2. The molecule has 3 N–H and O–H groups in total. The van der Waals surface area contributed by atoms with E-state index in [-0.39, 0.29) is 30.7 Å². The van der Waals surface area contributed by atoms with Crippen molar-refractivity contribution in [2.24, 2.45) is 0 Å². The molecule has 0 radical (unpaired) electrons. The Morgan fingerprint density at radius 3 is 2.59 bits per heavy atom. The van der Waals surface area contributed by atoms with Crippen molar-refractivity contribution < 1.29 is 13.9 Å². The number of halogens is 2. The third-order valence-electron chi connectivity index (χ3n) is 6.63. The lowest BCUT2D eigenvalue weighted by Crippen LogP contribution is -2.21. The van der Waals surface area contributed by atoms with Crippen molar-refractivity contribution in [3.63, 3.8) is 0 Å². The fourth-order valence-electron chi connectivity index (χ4n) is 4.39. The summed E-state index contributed by atoms with van der Waals surface area (Å²) in [4.78, 5) is 18.9. The molecule has 1 fully saturated rings. The maximum Gasteiger partial charge on any atom is 0.225 e. The van der Waals surface area contributed by atoms with Crippen molar-refractivity contribution in [2.75, 3.05) is 17.2 Å². The number of fused-ring (bicyclic) bond motifs is 1. The van der Waals surface area contributed by atoms with Crippen LogP contribution in [0.4, 0.5) is 20.5 Å². The van der Waals surface area contributed by atoms with Gasteiger partial charge in [0.15, 0.2) is 0 Å². The topological polar surface area (TPSA) is 95.8 Å². The molecule has 7 nitrogen and oxygen atoms in total. The minimum absolute atomic E-state index is 0.0545. The Hall–Kier alpha value is -3.24. The molecule has 1 aromatic carbocycles. The number of aliphatic hydroxyl groups excluding tert-OH is 1. The van der Waals surface area contributed by atoms with Crippen LogP contribution in [0.25, 0.3) is 20.8 Å². The molecular formula is C27H30F2N6OS. The molecule has 10 heteroatoms. The Balaban J connectivity index is 1.58. The fourth-order valence-corrected chi connectivity index (χ4v) is 5.46. The van der Waals surface area contributed by atoms with Crippen molar-refractivity contribution in [3.8, 4) is 10.6 Å². The Morgan fingerprint density at radius 2 is 1.92 bits per heavy atom. The zero-order valence-corrected chi connectivity index (χ0v) is 21.7. The van der Waals surface area contributed by atoms with E-state index < -0.39 is 11.6 Å². The molecule has 0 bridgehead atoms. The third-order valence-corrected chi connectivity index (χ3v) is 7.67. The summed E-state index contributed by atoms with van der Waals surface area (Å²) in [6.07, 6.45) is 6.10. The molecule has 4 aromatic rings. The number of nitrogens with zero attached hydrogens (tertiary/aromatic N) is 4. The van der Waals surface area contributed by atoms with Crippen molar-refractivity contribution >= 4 is 33.3 Å². The lowest BCUT2D eigenvalue weighted by Gasteiger charge is -2.21. The van der Waals surface area contributed by atoms with Crippen LogP contribution >= 0.6 is 11.3 Å². The highest BCUT2D eigenvalue weighted by Gasteiger charge is 2.32. The number of benzene rings is 1. The van der Waals surface area contributed by atoms with Gasteiger partial charge in [0.25, 0.3) is 0 Å². The smallest absolute Gasteiger partial charge is 0.225 e. The predicted molar refractivity (Wildman–Crippen MR) is 143 cm³/mol. The highest BCUT2D eigenvalue weighted by molar-refractivity contribution is 7.21. The molecule has 0 spiro atoms. The lowest BCUT2D eigenvalue weighted by molar-refractivity contribution is 0.280. The van der Waals surface area contributed by atoms with Crippen LogP contribution in [-0.2, 0) is 6.54 Å². The lowest BCUT2D eigenvalue weighted by atomic mass is 10.1. The first kappa shape index (κ1) is 25.4. The Morgan fingerprint density at radius 1 is 1.14 bits per heavy atom. The summed E-state index contributed by atoms with van der Waals surface area (Å²) in [5.74, 6) is -0.000493. The zero-order chi connectivity index (χ0) is 25.9. The molecule has 3 aromatic heterocycles. The van der Waals surface area contributed by atoms with Crippen LogP contribution in [0.1, 0.15) is 61.9 Å². The highest BCUT2D eigenvalue weighted by atomic mass is 32.1. The number of nitrogens with one attached hydrogen (secondary N) is 2. The van der Waals surface area contributed by atoms with E-state index in [1.807, 2.05) is 13.0 Å². The van der Waals surface area contributed by atoms with E-state index in [2.05, 4.69) is 22.5 Å². The highest BCUT2D eigenvalue weighted by Crippen LogP contribution is 2.47. The molecule has 3 heterocycles. The second-order valence-electron chi connectivity index (χ2n) is 9.36. The van der Waals surface area contributed by atoms with Crippen molar-refractivity contribution in [1.82, 2.24) is 19.9 Å². The van der Waals surface area contributed by atoms with Gasteiger partial charge in [-0.25, -0.2) is 18.7 Å². The molecule has 0 aliphatic heterocycles. The number of anilines is 2. The minimum Gasteiger partial charge on any atom is -0.396 e. The average Bonchev–Trinajstić information content (AvgIpc) is 3.64. The number of aliphatic hydroxyl groups is 1. The molecule has 5 rings (SSSR count). The summed E-state index contributed by atoms with van der Waals surface area (Å²) in [6, 6.07) is 5.87. The molecule has 1 saturated carbocycles. The van der Waals surface area contributed by atoms with Gasteiger partial charge in [-0.1, -0.05) is 13.0 Å². The van der Waals surface area contributed by atoms with Gasteiger partial charge in [0.05, 0.1) is 21.7 Å². The quantitative estimate of drug-likeness (QED) is 0.215. The Bertz CT molecular complexity index is 1390. The van der Waals surface area contributed by atoms with Crippen molar-refractivity contribution in [2.45, 2.75) is 64.5 Å². The van der Waals surface area contributed by atoms with Crippen LogP contribution in [-0.4, -0.2) is 37.7 Å². The molecular weight excluding hydrogens is 494 g/mol. The van der Waals surface area contributed by atoms with E-state index in [9.17, 15) is 13.9 Å². The number of thiazole rings is 1. The Kier molecular flexibility index (Phi) is 7.57. The summed E-state index contributed by atoms with van der Waals surface area (Å²) in [7, 11) is 0. The molecule has 1 aliphatic rings. The summed E-state index contributed by atoms with van der Waals surface area (Å²) in [5, 5.41) is 16.8. The number of hydrogen-bond acceptors (Lipinski definition) is 8. The molecule has 1 unspecified atom stereocenters. The standard InChI is InChI=1S/C27H30F2N6OS/c1-3-17(6-5-13-36)32-25-22(26-33-23-15(2)30-12-11-21(23)37-26)24(16-9-10-16)34-27(35-25)31-14-18-19(28)7-4-8-20(18)29/h4,7-8,11-12,16-17,36H,3,5-6,9-10,13-14H2,1-2H3,(H2,31,32,34,35). The van der Waals surface area contributed by atoms with E-state index >= 15 is 0 Å². The Labute approximate surface area is 218 Å². The van der Waals surface area contributed by atoms with E-state index in [1.165, 1.54) is 18.2 Å². The van der Waals surface area contributed by atoms with Gasteiger partial charge in [0, 0.05) is 36.9 Å². The SMILES string of the molecule is CCC(CCCO)Nc1nc(NCc2c(F)cccc2F)nc(C2CC2)c1-c1nc2c(C)nccc2s1. The fraction of sp³-hybridized carbons (Fsp3) is 0.407. The van der Waals surface area contributed by atoms with Gasteiger partial charge >= 0.3 is 0 Å². The first-order valence-corrected chi connectivity index (χ1v) is 13.5. The van der Waals surface area contributed by atoms with Gasteiger partial charge in [-0.2, -0.15) is 4.98 Å². The van der Waals surface area contributed by atoms with Crippen LogP contribution < -0.4 is 10.6 Å². The molecule has 0 saturated heterocycles. The molecule has 37 heavy (non-hydrogen) atoms.